The van der Waals surface area contributed by atoms with Crippen LogP contribution in [0.25, 0.3) is 0 Å². The fourth-order valence-corrected chi connectivity index (χ4v) is 6.43. The average molecular weight is 573 g/mol. The summed E-state index contributed by atoms with van der Waals surface area (Å²) >= 11 is 4.45. The van der Waals surface area contributed by atoms with Gasteiger partial charge in [0, 0.05) is 29.4 Å². The number of ether oxygens (including phenoxy) is 2. The first kappa shape index (κ1) is 26.2. The number of methoxy groups -OCH3 is 1. The quantitative estimate of drug-likeness (QED) is 0.138. The van der Waals surface area contributed by atoms with E-state index in [1.54, 1.807) is 12.3 Å². The Labute approximate surface area is 210 Å². The number of esters is 1. The second kappa shape index (κ2) is 11.3. The van der Waals surface area contributed by atoms with Crippen molar-refractivity contribution in [2.24, 2.45) is 16.6 Å². The van der Waals surface area contributed by atoms with Gasteiger partial charge in [-0.15, -0.1) is 11.3 Å². The highest BCUT2D eigenvalue weighted by Gasteiger charge is 2.29. The third-order valence-corrected chi connectivity index (χ3v) is 7.99. The molecule has 1 aliphatic rings. The van der Waals surface area contributed by atoms with E-state index in [9.17, 15) is 18.0 Å². The van der Waals surface area contributed by atoms with Crippen LogP contribution in [0.15, 0.2) is 37.9 Å². The Morgan fingerprint density at radius 2 is 2.15 bits per heavy atom. The zero-order valence-corrected chi connectivity index (χ0v) is 22.0. The van der Waals surface area contributed by atoms with Gasteiger partial charge in [0.1, 0.15) is 10.6 Å². The van der Waals surface area contributed by atoms with E-state index < -0.39 is 21.9 Å². The number of hydrogen-bond acceptors (Lipinski definition) is 8. The molecular formula is C22H26BrN3O6S2. The molecule has 0 radical (unpaired) electrons. The number of Topliss-reactive ketones (excluding diaryl/α,β-unsaturated/α-hetero) is 1. The molecule has 0 spiro atoms. The summed E-state index contributed by atoms with van der Waals surface area (Å²) in [5, 5.41) is 1.62. The van der Waals surface area contributed by atoms with Gasteiger partial charge in [-0.2, -0.15) is 0 Å². The van der Waals surface area contributed by atoms with Gasteiger partial charge in [0.2, 0.25) is 0 Å². The van der Waals surface area contributed by atoms with Gasteiger partial charge >= 0.3 is 5.97 Å². The maximum atomic E-state index is 13.2. The number of benzene rings is 1. The summed E-state index contributed by atoms with van der Waals surface area (Å²) in [5.74, 6) is -0.749. The van der Waals surface area contributed by atoms with E-state index in [4.69, 9.17) is 15.2 Å². The zero-order valence-electron chi connectivity index (χ0n) is 18.8. The summed E-state index contributed by atoms with van der Waals surface area (Å²) < 4.78 is 39.9. The number of ketones is 1. The van der Waals surface area contributed by atoms with Crippen LogP contribution >= 0.6 is 27.3 Å². The normalized spacial score (nSPS) is 14.3. The van der Waals surface area contributed by atoms with Crippen LogP contribution in [0.4, 0.5) is 5.69 Å². The third kappa shape index (κ3) is 6.36. The summed E-state index contributed by atoms with van der Waals surface area (Å²) in [7, 11) is -2.76. The molecule has 0 fully saturated rings. The first-order valence-electron chi connectivity index (χ1n) is 10.6. The number of anilines is 1. The first-order chi connectivity index (χ1) is 16.1. The number of sulfonamides is 1. The molecule has 3 N–H and O–H groups in total. The van der Waals surface area contributed by atoms with Gasteiger partial charge < -0.3 is 15.2 Å². The minimum absolute atomic E-state index is 0.00200. The van der Waals surface area contributed by atoms with E-state index in [2.05, 4.69) is 25.6 Å². The molecule has 0 amide bonds. The van der Waals surface area contributed by atoms with Gasteiger partial charge in [-0.05, 0) is 43.3 Å². The van der Waals surface area contributed by atoms with Crippen LogP contribution in [0.5, 0.6) is 5.75 Å². The van der Waals surface area contributed by atoms with Gasteiger partial charge in [-0.1, -0.05) is 15.9 Å². The van der Waals surface area contributed by atoms with Crippen molar-refractivity contribution >= 4 is 60.6 Å². The lowest BCUT2D eigenvalue weighted by Gasteiger charge is -2.15. The molecule has 0 saturated heterocycles. The van der Waals surface area contributed by atoms with Gasteiger partial charge in [0.05, 0.1) is 36.0 Å². The highest BCUT2D eigenvalue weighted by Crippen LogP contribution is 2.37. The van der Waals surface area contributed by atoms with Crippen LogP contribution in [-0.2, 0) is 26.0 Å². The second-order valence-electron chi connectivity index (χ2n) is 7.77. The number of hydrogen-bond donors (Lipinski definition) is 2. The van der Waals surface area contributed by atoms with Crippen molar-refractivity contribution in [3.8, 4) is 5.75 Å². The molecule has 0 unspecified atom stereocenters. The molecule has 0 aliphatic carbocycles. The number of nitrogens with one attached hydrogen (secondary N) is 1. The fourth-order valence-electron chi connectivity index (χ4n) is 3.62. The standard InChI is InChI=1S/C22H26BrN3O6S2/c1-13(24)25-7-3-4-15(22(28)31-2)11-18(27)21-17(6-9-33-21)26-34(29,30)19-12-16(23)10-14-5-8-32-20(14)19/h6,9-10,12,15,26H,3-5,7-8,11H2,1-2H3,(H2,24,25)/t15-/m1/s1. The van der Waals surface area contributed by atoms with Crippen molar-refractivity contribution in [3.05, 3.63) is 38.5 Å². The topological polar surface area (TPSA) is 137 Å². The Morgan fingerprint density at radius 1 is 1.38 bits per heavy atom. The maximum absolute atomic E-state index is 13.2. The molecule has 1 aromatic heterocycles. The predicted octanol–water partition coefficient (Wildman–Crippen LogP) is 3.77. The van der Waals surface area contributed by atoms with Gasteiger partial charge in [0.15, 0.2) is 5.78 Å². The molecule has 3 rings (SSSR count). The molecule has 184 valence electrons. The van der Waals surface area contributed by atoms with Crippen molar-refractivity contribution in [1.29, 1.82) is 0 Å². The molecule has 1 aromatic carbocycles. The molecule has 34 heavy (non-hydrogen) atoms. The highest BCUT2D eigenvalue weighted by atomic mass is 79.9. The van der Waals surface area contributed by atoms with Crippen LogP contribution in [0.1, 0.15) is 41.4 Å². The summed E-state index contributed by atoms with van der Waals surface area (Å²) in [4.78, 5) is 29.6. The van der Waals surface area contributed by atoms with Crippen LogP contribution in [0, 0.1) is 5.92 Å². The lowest BCUT2D eigenvalue weighted by Crippen LogP contribution is -2.21. The van der Waals surface area contributed by atoms with Gasteiger partial charge in [0.25, 0.3) is 10.0 Å². The van der Waals surface area contributed by atoms with Crippen molar-refractivity contribution in [2.45, 2.75) is 37.5 Å². The largest absolute Gasteiger partial charge is 0.492 e. The Bertz CT molecular complexity index is 1210. The lowest BCUT2D eigenvalue weighted by atomic mass is 9.96. The fraction of sp³-hybridized carbons (Fsp3) is 0.409. The van der Waals surface area contributed by atoms with Gasteiger partial charge in [-0.3, -0.25) is 19.3 Å². The Kier molecular flexibility index (Phi) is 8.72. The lowest BCUT2D eigenvalue weighted by molar-refractivity contribution is -0.145. The number of carbonyl (C=O) groups is 2. The number of rotatable bonds is 11. The Morgan fingerprint density at radius 3 is 2.85 bits per heavy atom. The van der Waals surface area contributed by atoms with E-state index in [0.717, 1.165) is 16.9 Å². The molecule has 0 saturated carbocycles. The van der Waals surface area contributed by atoms with E-state index in [1.165, 1.54) is 19.2 Å². The van der Waals surface area contributed by atoms with Crippen molar-refractivity contribution in [1.82, 2.24) is 0 Å². The van der Waals surface area contributed by atoms with Crippen molar-refractivity contribution in [3.63, 3.8) is 0 Å². The summed E-state index contributed by atoms with van der Waals surface area (Å²) in [6.07, 6.45) is 1.45. The Hall–Kier alpha value is -2.44. The predicted molar refractivity (Wildman–Crippen MR) is 134 cm³/mol. The summed E-state index contributed by atoms with van der Waals surface area (Å²) in [5.41, 5.74) is 6.48. The number of nitrogens with zero attached hydrogens (tertiary/aromatic N) is 1. The number of thiophene rings is 1. The van der Waals surface area contributed by atoms with E-state index in [0.29, 0.717) is 48.5 Å². The van der Waals surface area contributed by atoms with E-state index >= 15 is 0 Å². The van der Waals surface area contributed by atoms with Crippen molar-refractivity contribution < 1.29 is 27.5 Å². The maximum Gasteiger partial charge on any atom is 0.309 e. The number of nitrogens with two attached hydrogens (primary N) is 1. The molecule has 2 heterocycles. The molecule has 12 heteroatoms. The number of carbonyl (C=O) groups excluding carboxylic acids is 2. The summed E-state index contributed by atoms with van der Waals surface area (Å²) in [6, 6.07) is 4.83. The Balaban J connectivity index is 1.77. The summed E-state index contributed by atoms with van der Waals surface area (Å²) in [6.45, 7) is 2.52. The minimum atomic E-state index is -4.03. The molecular weight excluding hydrogens is 546 g/mol. The van der Waals surface area contributed by atoms with Crippen LogP contribution in [0.3, 0.4) is 0 Å². The smallest absolute Gasteiger partial charge is 0.309 e. The van der Waals surface area contributed by atoms with E-state index in [-0.39, 0.29) is 27.7 Å². The SMILES string of the molecule is COC(=O)[C@H](CCCN=C(C)N)CC(=O)c1sccc1NS(=O)(=O)c1cc(Br)cc2c1OCC2. The zero-order chi connectivity index (χ0) is 24.9. The van der Waals surface area contributed by atoms with Crippen LogP contribution in [0.2, 0.25) is 0 Å². The van der Waals surface area contributed by atoms with Crippen LogP contribution in [-0.4, -0.2) is 46.3 Å². The van der Waals surface area contributed by atoms with Gasteiger partial charge in [-0.25, -0.2) is 8.42 Å². The van der Waals surface area contributed by atoms with E-state index in [1.807, 2.05) is 6.07 Å². The molecule has 0 bridgehead atoms. The third-order valence-electron chi connectivity index (χ3n) is 5.20. The molecule has 9 nitrogen and oxygen atoms in total. The molecule has 2 aromatic rings. The number of halogens is 1. The average Bonchev–Trinajstić information content (AvgIpc) is 3.43. The van der Waals surface area contributed by atoms with Crippen LogP contribution < -0.4 is 15.2 Å². The second-order valence-corrected chi connectivity index (χ2v) is 11.3. The van der Waals surface area contributed by atoms with Crippen molar-refractivity contribution in [2.75, 3.05) is 25.0 Å². The molecule has 1 atom stereocenters. The number of aliphatic imine (C=N–C) groups is 1. The highest BCUT2D eigenvalue weighted by molar-refractivity contribution is 9.10. The first-order valence-corrected chi connectivity index (χ1v) is 13.7. The molecule has 1 aliphatic heterocycles. The minimum Gasteiger partial charge on any atom is -0.492 e. The number of amidine groups is 1. The monoisotopic (exact) mass is 571 g/mol. The number of fused-ring (bicyclic) bond motifs is 1.